The SMILES string of the molecule is Cc1ccc(N2NC(C(=O)N3CCC(C4OCCO4)CC3)=NCC2=O)cc1. The summed E-state index contributed by atoms with van der Waals surface area (Å²) in [5.41, 5.74) is 4.69. The Morgan fingerprint density at radius 3 is 2.48 bits per heavy atom. The van der Waals surface area contributed by atoms with Gasteiger partial charge in [-0.2, -0.15) is 0 Å². The average Bonchev–Trinajstić information content (AvgIpc) is 3.24. The number of nitrogens with zero attached hydrogens (tertiary/aromatic N) is 3. The van der Waals surface area contributed by atoms with Crippen molar-refractivity contribution in [3.63, 3.8) is 0 Å². The monoisotopic (exact) mass is 372 g/mol. The van der Waals surface area contributed by atoms with Gasteiger partial charge in [-0.3, -0.25) is 20.0 Å². The molecule has 2 fully saturated rings. The molecule has 0 saturated carbocycles. The zero-order chi connectivity index (χ0) is 18.8. The van der Waals surface area contributed by atoms with Crippen LogP contribution in [-0.4, -0.2) is 61.7 Å². The van der Waals surface area contributed by atoms with E-state index in [1.165, 1.54) is 5.01 Å². The number of amides is 2. The minimum absolute atomic E-state index is 0.0395. The quantitative estimate of drug-likeness (QED) is 0.851. The number of hydrogen-bond acceptors (Lipinski definition) is 6. The third kappa shape index (κ3) is 3.81. The third-order valence-corrected chi connectivity index (χ3v) is 5.19. The van der Waals surface area contributed by atoms with Gasteiger partial charge in [0.15, 0.2) is 6.29 Å². The highest BCUT2D eigenvalue weighted by atomic mass is 16.7. The van der Waals surface area contributed by atoms with Crippen LogP contribution in [0.25, 0.3) is 0 Å². The second-order valence-electron chi connectivity index (χ2n) is 7.08. The van der Waals surface area contributed by atoms with E-state index >= 15 is 0 Å². The van der Waals surface area contributed by atoms with E-state index in [1.54, 1.807) is 4.90 Å². The van der Waals surface area contributed by atoms with E-state index in [-0.39, 0.29) is 30.5 Å². The lowest BCUT2D eigenvalue weighted by Crippen LogP contribution is -2.57. The minimum Gasteiger partial charge on any atom is -0.350 e. The molecule has 144 valence electrons. The maximum absolute atomic E-state index is 12.9. The van der Waals surface area contributed by atoms with Crippen LogP contribution in [0.15, 0.2) is 29.3 Å². The van der Waals surface area contributed by atoms with E-state index in [2.05, 4.69) is 10.4 Å². The number of ether oxygens (including phenoxy) is 2. The Bertz CT molecular complexity index is 735. The predicted molar refractivity (Wildman–Crippen MR) is 99.1 cm³/mol. The number of hydrogen-bond donors (Lipinski definition) is 1. The maximum atomic E-state index is 12.9. The first-order valence-electron chi connectivity index (χ1n) is 9.35. The van der Waals surface area contributed by atoms with Crippen molar-refractivity contribution in [2.75, 3.05) is 37.9 Å². The first-order valence-corrected chi connectivity index (χ1v) is 9.35. The van der Waals surface area contributed by atoms with E-state index in [0.29, 0.717) is 37.9 Å². The Morgan fingerprint density at radius 2 is 1.81 bits per heavy atom. The van der Waals surface area contributed by atoms with Crippen LogP contribution in [0.5, 0.6) is 0 Å². The van der Waals surface area contributed by atoms with Crippen LogP contribution in [-0.2, 0) is 19.1 Å². The number of likely N-dealkylation sites (tertiary alicyclic amines) is 1. The molecule has 1 aromatic carbocycles. The van der Waals surface area contributed by atoms with Crippen LogP contribution in [0.4, 0.5) is 5.69 Å². The molecular formula is C19H24N4O4. The fraction of sp³-hybridized carbons (Fsp3) is 0.526. The number of carbonyl (C=O) groups is 2. The van der Waals surface area contributed by atoms with E-state index < -0.39 is 0 Å². The number of aryl methyl sites for hydroxylation is 1. The topological polar surface area (TPSA) is 83.5 Å². The molecule has 0 bridgehead atoms. The van der Waals surface area contributed by atoms with Crippen molar-refractivity contribution >= 4 is 23.3 Å². The smallest absolute Gasteiger partial charge is 0.290 e. The Kier molecular flexibility index (Phi) is 5.09. The zero-order valence-corrected chi connectivity index (χ0v) is 15.4. The third-order valence-electron chi connectivity index (χ3n) is 5.19. The van der Waals surface area contributed by atoms with E-state index in [1.807, 2.05) is 31.2 Å². The average molecular weight is 372 g/mol. The van der Waals surface area contributed by atoms with E-state index in [4.69, 9.17) is 9.47 Å². The normalized spacial score (nSPS) is 22.0. The lowest BCUT2D eigenvalue weighted by atomic mass is 9.96. The van der Waals surface area contributed by atoms with Crippen molar-refractivity contribution < 1.29 is 19.1 Å². The van der Waals surface area contributed by atoms with Gasteiger partial charge in [0.25, 0.3) is 11.8 Å². The summed E-state index contributed by atoms with van der Waals surface area (Å²) < 4.78 is 11.2. The zero-order valence-electron chi connectivity index (χ0n) is 15.4. The molecule has 2 amide bonds. The summed E-state index contributed by atoms with van der Waals surface area (Å²) in [6.07, 6.45) is 1.54. The second kappa shape index (κ2) is 7.66. The Labute approximate surface area is 158 Å². The fourth-order valence-corrected chi connectivity index (χ4v) is 3.61. The van der Waals surface area contributed by atoms with Crippen molar-refractivity contribution in [1.82, 2.24) is 10.3 Å². The van der Waals surface area contributed by atoms with Crippen molar-refractivity contribution in [1.29, 1.82) is 0 Å². The number of anilines is 1. The van der Waals surface area contributed by atoms with Crippen LogP contribution >= 0.6 is 0 Å². The molecule has 27 heavy (non-hydrogen) atoms. The van der Waals surface area contributed by atoms with Gasteiger partial charge in [-0.05, 0) is 31.9 Å². The summed E-state index contributed by atoms with van der Waals surface area (Å²) in [6.45, 7) is 4.50. The molecule has 0 unspecified atom stereocenters. The number of hydrazine groups is 1. The molecule has 8 heteroatoms. The lowest BCUT2D eigenvalue weighted by molar-refractivity contribution is -0.130. The summed E-state index contributed by atoms with van der Waals surface area (Å²) in [7, 11) is 0. The molecule has 8 nitrogen and oxygen atoms in total. The van der Waals surface area contributed by atoms with Gasteiger partial charge >= 0.3 is 0 Å². The number of aliphatic imine (C=N–C) groups is 1. The van der Waals surface area contributed by atoms with E-state index in [0.717, 1.165) is 18.4 Å². The van der Waals surface area contributed by atoms with Gasteiger partial charge in [0.1, 0.15) is 6.54 Å². The number of piperidine rings is 1. The number of rotatable bonds is 3. The molecule has 0 spiro atoms. The van der Waals surface area contributed by atoms with Gasteiger partial charge in [0.2, 0.25) is 5.84 Å². The summed E-state index contributed by atoms with van der Waals surface area (Å²) in [5, 5.41) is 1.40. The van der Waals surface area contributed by atoms with Crippen LogP contribution < -0.4 is 10.4 Å². The summed E-state index contributed by atoms with van der Waals surface area (Å²) in [4.78, 5) is 31.0. The number of carbonyl (C=O) groups excluding carboxylic acids is 2. The van der Waals surface area contributed by atoms with Crippen molar-refractivity contribution in [2.24, 2.45) is 10.9 Å². The molecule has 4 rings (SSSR count). The van der Waals surface area contributed by atoms with Crippen molar-refractivity contribution in [3.8, 4) is 0 Å². The lowest BCUT2D eigenvalue weighted by Gasteiger charge is -2.35. The van der Waals surface area contributed by atoms with Gasteiger partial charge in [0, 0.05) is 19.0 Å². The molecule has 0 radical (unpaired) electrons. The first-order chi connectivity index (χ1) is 13.1. The summed E-state index contributed by atoms with van der Waals surface area (Å²) in [5.74, 6) is 0.168. The highest BCUT2D eigenvalue weighted by molar-refractivity contribution is 6.39. The molecule has 2 saturated heterocycles. The van der Waals surface area contributed by atoms with Crippen molar-refractivity contribution in [3.05, 3.63) is 29.8 Å². The maximum Gasteiger partial charge on any atom is 0.290 e. The van der Waals surface area contributed by atoms with Gasteiger partial charge in [-0.15, -0.1) is 0 Å². The van der Waals surface area contributed by atoms with Crippen LogP contribution in [0.1, 0.15) is 18.4 Å². The first kappa shape index (κ1) is 17.9. The Hall–Kier alpha value is -2.45. The standard InChI is InChI=1S/C19H24N4O4/c1-13-2-4-15(5-3-13)23-16(24)12-20-17(21-23)18(25)22-8-6-14(7-9-22)19-26-10-11-27-19/h2-5,14,19H,6-12H2,1H3,(H,20,21). The van der Waals surface area contributed by atoms with Gasteiger partial charge in [-0.25, -0.2) is 5.01 Å². The molecule has 3 aliphatic rings. The van der Waals surface area contributed by atoms with Crippen molar-refractivity contribution in [2.45, 2.75) is 26.1 Å². The molecule has 0 atom stereocenters. The summed E-state index contributed by atoms with van der Waals surface area (Å²) >= 11 is 0. The Balaban J connectivity index is 1.38. The van der Waals surface area contributed by atoms with E-state index in [9.17, 15) is 9.59 Å². The number of amidine groups is 1. The molecule has 3 aliphatic heterocycles. The summed E-state index contributed by atoms with van der Waals surface area (Å²) in [6, 6.07) is 7.55. The van der Waals surface area contributed by atoms with Gasteiger partial charge < -0.3 is 14.4 Å². The fourth-order valence-electron chi connectivity index (χ4n) is 3.61. The van der Waals surface area contributed by atoms with Crippen LogP contribution in [0.2, 0.25) is 0 Å². The van der Waals surface area contributed by atoms with Crippen LogP contribution in [0.3, 0.4) is 0 Å². The van der Waals surface area contributed by atoms with Gasteiger partial charge in [0.05, 0.1) is 18.9 Å². The number of benzene rings is 1. The predicted octanol–water partition coefficient (Wildman–Crippen LogP) is 0.856. The molecule has 0 aromatic heterocycles. The largest absolute Gasteiger partial charge is 0.350 e. The van der Waals surface area contributed by atoms with Crippen LogP contribution in [0, 0.1) is 12.8 Å². The molecule has 1 aromatic rings. The Morgan fingerprint density at radius 1 is 1.15 bits per heavy atom. The molecule has 0 aliphatic carbocycles. The number of nitrogens with one attached hydrogen (secondary N) is 1. The highest BCUT2D eigenvalue weighted by Crippen LogP contribution is 2.26. The molecular weight excluding hydrogens is 348 g/mol. The molecule has 3 heterocycles. The highest BCUT2D eigenvalue weighted by Gasteiger charge is 2.34. The second-order valence-corrected chi connectivity index (χ2v) is 7.08. The molecule has 1 N–H and O–H groups in total. The minimum atomic E-state index is -0.190. The van der Waals surface area contributed by atoms with Gasteiger partial charge in [-0.1, -0.05) is 17.7 Å².